The predicted molar refractivity (Wildman–Crippen MR) is 80.9 cm³/mol. The Hall–Kier alpha value is -1.78. The van der Waals surface area contributed by atoms with E-state index >= 15 is 0 Å². The second-order valence-electron chi connectivity index (χ2n) is 4.80. The van der Waals surface area contributed by atoms with Crippen LogP contribution >= 0.6 is 11.8 Å². The standard InChI is InChI=1S/C16H15NO2S/c1-17-13-4-2-3-5-15(13)20-16-7-6-11(9-14(16)17)8-12(19)10-18/h2-7,9,18H,8,10H2,1H3. The Labute approximate surface area is 122 Å². The van der Waals surface area contributed by atoms with Gasteiger partial charge in [-0.2, -0.15) is 0 Å². The zero-order chi connectivity index (χ0) is 14.1. The molecule has 20 heavy (non-hydrogen) atoms. The number of Topliss-reactive ketones (excluding diaryl/α,β-unsaturated/α-hetero) is 1. The van der Waals surface area contributed by atoms with Gasteiger partial charge in [0.2, 0.25) is 0 Å². The van der Waals surface area contributed by atoms with Crippen molar-refractivity contribution in [2.45, 2.75) is 16.2 Å². The third kappa shape index (κ3) is 2.32. The number of benzene rings is 2. The van der Waals surface area contributed by atoms with Crippen LogP contribution in [-0.2, 0) is 11.2 Å². The molecule has 1 aliphatic heterocycles. The molecule has 2 aromatic carbocycles. The van der Waals surface area contributed by atoms with Gasteiger partial charge < -0.3 is 10.0 Å². The number of carbonyl (C=O) groups excluding carboxylic acids is 1. The molecule has 3 rings (SSSR count). The van der Waals surface area contributed by atoms with Crippen molar-refractivity contribution in [3.05, 3.63) is 48.0 Å². The van der Waals surface area contributed by atoms with Gasteiger partial charge in [-0.15, -0.1) is 0 Å². The van der Waals surface area contributed by atoms with E-state index in [-0.39, 0.29) is 12.2 Å². The molecular weight excluding hydrogens is 270 g/mol. The first-order chi connectivity index (χ1) is 9.69. The van der Waals surface area contributed by atoms with Gasteiger partial charge in [-0.05, 0) is 29.8 Å². The maximum atomic E-state index is 11.4. The third-order valence-corrected chi connectivity index (χ3v) is 4.54. The fourth-order valence-corrected chi connectivity index (χ4v) is 3.50. The number of anilines is 2. The lowest BCUT2D eigenvalue weighted by molar-refractivity contribution is -0.121. The number of aliphatic hydroxyl groups excluding tert-OH is 1. The molecule has 0 aliphatic carbocycles. The van der Waals surface area contributed by atoms with E-state index in [1.165, 1.54) is 15.5 Å². The predicted octanol–water partition coefficient (Wildman–Crippen LogP) is 3.02. The highest BCUT2D eigenvalue weighted by molar-refractivity contribution is 7.99. The van der Waals surface area contributed by atoms with Crippen molar-refractivity contribution in [3.8, 4) is 0 Å². The van der Waals surface area contributed by atoms with Crippen molar-refractivity contribution in [1.29, 1.82) is 0 Å². The number of para-hydroxylation sites is 1. The monoisotopic (exact) mass is 285 g/mol. The summed E-state index contributed by atoms with van der Waals surface area (Å²) in [6.45, 7) is -0.398. The minimum atomic E-state index is -0.398. The average molecular weight is 285 g/mol. The van der Waals surface area contributed by atoms with Crippen LogP contribution in [-0.4, -0.2) is 24.5 Å². The zero-order valence-electron chi connectivity index (χ0n) is 11.2. The molecule has 1 aliphatic rings. The van der Waals surface area contributed by atoms with Gasteiger partial charge in [0.15, 0.2) is 5.78 Å². The van der Waals surface area contributed by atoms with Crippen LogP contribution in [0, 0.1) is 0 Å². The number of carbonyl (C=O) groups is 1. The van der Waals surface area contributed by atoms with Crippen LogP contribution in [0.4, 0.5) is 11.4 Å². The molecule has 1 heterocycles. The summed E-state index contributed by atoms with van der Waals surface area (Å²) >= 11 is 1.74. The van der Waals surface area contributed by atoms with Crippen LogP contribution in [0.25, 0.3) is 0 Å². The number of rotatable bonds is 3. The lowest BCUT2D eigenvalue weighted by Crippen LogP contribution is -2.15. The molecule has 102 valence electrons. The largest absolute Gasteiger partial charge is 0.389 e. The maximum absolute atomic E-state index is 11.4. The molecule has 2 aromatic rings. The Bertz CT molecular complexity index is 669. The molecule has 1 N–H and O–H groups in total. The quantitative estimate of drug-likeness (QED) is 0.941. The molecule has 0 amide bonds. The Kier molecular flexibility index (Phi) is 3.51. The summed E-state index contributed by atoms with van der Waals surface area (Å²) in [6.07, 6.45) is 0.282. The molecular formula is C16H15NO2S. The number of nitrogens with zero attached hydrogens (tertiary/aromatic N) is 1. The van der Waals surface area contributed by atoms with Crippen LogP contribution in [0.1, 0.15) is 5.56 Å². The highest BCUT2D eigenvalue weighted by Gasteiger charge is 2.20. The summed E-state index contributed by atoms with van der Waals surface area (Å²) in [7, 11) is 2.04. The summed E-state index contributed by atoms with van der Waals surface area (Å²) < 4.78 is 0. The smallest absolute Gasteiger partial charge is 0.162 e. The van der Waals surface area contributed by atoms with Gasteiger partial charge in [-0.1, -0.05) is 30.0 Å². The molecule has 0 spiro atoms. The van der Waals surface area contributed by atoms with Crippen LogP contribution in [0.3, 0.4) is 0 Å². The van der Waals surface area contributed by atoms with Gasteiger partial charge in [-0.3, -0.25) is 4.79 Å². The Morgan fingerprint density at radius 3 is 2.70 bits per heavy atom. The molecule has 0 saturated heterocycles. The average Bonchev–Trinajstić information content (AvgIpc) is 2.48. The molecule has 0 unspecified atom stereocenters. The van der Waals surface area contributed by atoms with E-state index in [4.69, 9.17) is 5.11 Å². The van der Waals surface area contributed by atoms with Gasteiger partial charge in [0, 0.05) is 23.3 Å². The van der Waals surface area contributed by atoms with Crippen LogP contribution in [0.2, 0.25) is 0 Å². The molecule has 0 aromatic heterocycles. The molecule has 4 heteroatoms. The Balaban J connectivity index is 1.97. The molecule has 0 saturated carbocycles. The molecule has 0 fully saturated rings. The van der Waals surface area contributed by atoms with E-state index in [1.807, 2.05) is 37.4 Å². The molecule has 0 radical (unpaired) electrons. The van der Waals surface area contributed by atoms with Gasteiger partial charge >= 0.3 is 0 Å². The number of fused-ring (bicyclic) bond motifs is 2. The Morgan fingerprint density at radius 2 is 1.90 bits per heavy atom. The zero-order valence-corrected chi connectivity index (χ0v) is 12.0. The molecule has 0 atom stereocenters. The summed E-state index contributed by atoms with van der Waals surface area (Å²) in [4.78, 5) is 15.9. The summed E-state index contributed by atoms with van der Waals surface area (Å²) in [6, 6.07) is 14.3. The highest BCUT2D eigenvalue weighted by atomic mass is 32.2. The van der Waals surface area contributed by atoms with Crippen molar-refractivity contribution < 1.29 is 9.90 Å². The van der Waals surface area contributed by atoms with Crippen molar-refractivity contribution in [1.82, 2.24) is 0 Å². The Morgan fingerprint density at radius 1 is 1.15 bits per heavy atom. The van der Waals surface area contributed by atoms with E-state index in [2.05, 4.69) is 17.0 Å². The second kappa shape index (κ2) is 5.31. The minimum Gasteiger partial charge on any atom is -0.389 e. The van der Waals surface area contributed by atoms with Gasteiger partial charge in [0.1, 0.15) is 6.61 Å². The first-order valence-electron chi connectivity index (χ1n) is 6.45. The van der Waals surface area contributed by atoms with Crippen LogP contribution in [0.5, 0.6) is 0 Å². The van der Waals surface area contributed by atoms with E-state index < -0.39 is 6.61 Å². The van der Waals surface area contributed by atoms with Gasteiger partial charge in [0.05, 0.1) is 11.4 Å². The lowest BCUT2D eigenvalue weighted by Gasteiger charge is -2.29. The van der Waals surface area contributed by atoms with Crippen molar-refractivity contribution in [2.75, 3.05) is 18.6 Å². The second-order valence-corrected chi connectivity index (χ2v) is 5.89. The van der Waals surface area contributed by atoms with Crippen LogP contribution in [0.15, 0.2) is 52.3 Å². The molecule has 3 nitrogen and oxygen atoms in total. The number of hydrogen-bond donors (Lipinski definition) is 1. The summed E-state index contributed by atoms with van der Waals surface area (Å²) in [5.41, 5.74) is 3.22. The first kappa shape index (κ1) is 13.2. The van der Waals surface area contributed by atoms with E-state index in [9.17, 15) is 4.79 Å². The first-order valence-corrected chi connectivity index (χ1v) is 7.27. The van der Waals surface area contributed by atoms with Crippen molar-refractivity contribution in [3.63, 3.8) is 0 Å². The highest BCUT2D eigenvalue weighted by Crippen LogP contribution is 2.47. The summed E-state index contributed by atoms with van der Waals surface area (Å²) in [5.74, 6) is -0.156. The SMILES string of the molecule is CN1c2ccccc2Sc2ccc(CC(=O)CO)cc21. The number of ketones is 1. The van der Waals surface area contributed by atoms with Crippen molar-refractivity contribution in [2.24, 2.45) is 0 Å². The topological polar surface area (TPSA) is 40.5 Å². The fourth-order valence-electron chi connectivity index (χ4n) is 2.37. The van der Waals surface area contributed by atoms with Crippen molar-refractivity contribution >= 4 is 28.9 Å². The van der Waals surface area contributed by atoms with E-state index in [0.717, 1.165) is 11.3 Å². The minimum absolute atomic E-state index is 0.156. The number of hydrogen-bond acceptors (Lipinski definition) is 4. The van der Waals surface area contributed by atoms with Gasteiger partial charge in [-0.25, -0.2) is 0 Å². The maximum Gasteiger partial charge on any atom is 0.162 e. The fraction of sp³-hybridized carbons (Fsp3) is 0.188. The lowest BCUT2D eigenvalue weighted by atomic mass is 10.1. The van der Waals surface area contributed by atoms with E-state index in [0.29, 0.717) is 0 Å². The third-order valence-electron chi connectivity index (χ3n) is 3.41. The molecule has 0 bridgehead atoms. The van der Waals surface area contributed by atoms with Crippen LogP contribution < -0.4 is 4.90 Å². The summed E-state index contributed by atoms with van der Waals surface area (Å²) in [5, 5.41) is 8.85. The number of aliphatic hydroxyl groups is 1. The normalized spacial score (nSPS) is 12.8. The van der Waals surface area contributed by atoms with Gasteiger partial charge in [0.25, 0.3) is 0 Å². The van der Waals surface area contributed by atoms with E-state index in [1.54, 1.807) is 11.8 Å².